The number of β-lactam (4-membered cyclic amide) rings is 1. The van der Waals surface area contributed by atoms with Gasteiger partial charge >= 0.3 is 12.1 Å². The molecule has 3 rings (SSSR count). The maximum atomic E-state index is 12.1. The second-order valence-corrected chi connectivity index (χ2v) is 6.47. The number of fused-ring (bicyclic) bond motifs is 1. The Morgan fingerprint density at radius 3 is 2.42 bits per heavy atom. The quantitative estimate of drug-likeness (QED) is 0.573. The van der Waals surface area contributed by atoms with E-state index in [1.165, 1.54) is 0 Å². The first-order valence-corrected chi connectivity index (χ1v) is 6.38. The Morgan fingerprint density at radius 1 is 1.42 bits per heavy atom. The molecular weight excluding hydrogens is 250 g/mol. The average Bonchev–Trinajstić information content (AvgIpc) is 2.60. The normalized spacial score (nSPS) is 29.4. The molecule has 2 atom stereocenters. The summed E-state index contributed by atoms with van der Waals surface area (Å²) in [6.07, 6.45) is -0.417. The van der Waals surface area contributed by atoms with Gasteiger partial charge in [0.15, 0.2) is 6.04 Å². The van der Waals surface area contributed by atoms with Gasteiger partial charge in [0.2, 0.25) is 5.60 Å². The highest BCUT2D eigenvalue weighted by atomic mass is 16.6. The van der Waals surface area contributed by atoms with Gasteiger partial charge in [0, 0.05) is 6.42 Å². The number of hydrogen-bond acceptors (Lipinski definition) is 5. The van der Waals surface area contributed by atoms with Crippen LogP contribution in [0.25, 0.3) is 0 Å². The highest BCUT2D eigenvalue weighted by Gasteiger charge is 2.76. The molecule has 0 saturated carbocycles. The highest BCUT2D eigenvalue weighted by molar-refractivity contribution is 6.16. The van der Waals surface area contributed by atoms with Crippen LogP contribution in [0.4, 0.5) is 4.79 Å². The second kappa shape index (κ2) is 3.95. The van der Waals surface area contributed by atoms with E-state index in [-0.39, 0.29) is 5.92 Å². The van der Waals surface area contributed by atoms with Crippen LogP contribution in [-0.2, 0) is 19.1 Å². The van der Waals surface area contributed by atoms with Crippen LogP contribution in [0, 0.1) is 5.92 Å². The van der Waals surface area contributed by atoms with Gasteiger partial charge in [0.05, 0.1) is 0 Å². The zero-order valence-corrected chi connectivity index (χ0v) is 11.9. The lowest BCUT2D eigenvalue weighted by Gasteiger charge is -2.42. The Morgan fingerprint density at radius 2 is 2.00 bits per heavy atom. The van der Waals surface area contributed by atoms with Crippen molar-refractivity contribution >= 4 is 18.0 Å². The topological polar surface area (TPSA) is 72.9 Å². The maximum absolute atomic E-state index is 12.1. The fourth-order valence-corrected chi connectivity index (χ4v) is 2.57. The van der Waals surface area contributed by atoms with E-state index in [4.69, 9.17) is 9.47 Å². The number of amides is 2. The van der Waals surface area contributed by atoms with Gasteiger partial charge < -0.3 is 9.47 Å². The summed E-state index contributed by atoms with van der Waals surface area (Å²) in [6, 6.07) is -0.936. The van der Waals surface area contributed by atoms with Crippen molar-refractivity contribution in [2.75, 3.05) is 0 Å². The summed E-state index contributed by atoms with van der Waals surface area (Å²) < 4.78 is 10.4. The van der Waals surface area contributed by atoms with Gasteiger partial charge in [-0.1, -0.05) is 13.8 Å². The molecule has 0 spiro atoms. The molecule has 0 aromatic heterocycles. The Hall–Kier alpha value is -1.59. The first-order valence-electron chi connectivity index (χ1n) is 6.38. The first kappa shape index (κ1) is 13.8. The molecular formula is C13H19NO5. The molecule has 2 amide bonds. The zero-order valence-electron chi connectivity index (χ0n) is 11.9. The highest BCUT2D eigenvalue weighted by Crippen LogP contribution is 2.47. The number of ether oxygens (including phenoxy) is 2. The molecule has 0 radical (unpaired) electrons. The van der Waals surface area contributed by atoms with E-state index >= 15 is 0 Å². The van der Waals surface area contributed by atoms with Crippen LogP contribution in [0.3, 0.4) is 0 Å². The largest absolute Gasteiger partial charge is 0.458 e. The average molecular weight is 269 g/mol. The van der Waals surface area contributed by atoms with E-state index in [0.29, 0.717) is 6.42 Å². The molecule has 0 aliphatic carbocycles. The Bertz CT molecular complexity index is 450. The lowest BCUT2D eigenvalue weighted by Crippen LogP contribution is -2.71. The summed E-state index contributed by atoms with van der Waals surface area (Å²) in [6.45, 7) is 9.02. The van der Waals surface area contributed by atoms with Crippen LogP contribution in [-0.4, -0.2) is 40.1 Å². The van der Waals surface area contributed by atoms with Crippen molar-refractivity contribution in [1.82, 2.24) is 4.90 Å². The van der Waals surface area contributed by atoms with Gasteiger partial charge in [-0.05, 0) is 26.7 Å². The smallest absolute Gasteiger partial charge is 0.418 e. The molecule has 3 saturated heterocycles. The summed E-state index contributed by atoms with van der Waals surface area (Å²) in [5, 5.41) is 0. The van der Waals surface area contributed by atoms with Crippen LogP contribution in [0.15, 0.2) is 0 Å². The van der Waals surface area contributed by atoms with Crippen LogP contribution in [0.1, 0.15) is 41.0 Å². The number of imide groups is 1. The van der Waals surface area contributed by atoms with E-state index in [2.05, 4.69) is 0 Å². The fourth-order valence-electron chi connectivity index (χ4n) is 2.57. The second-order valence-electron chi connectivity index (χ2n) is 6.47. The van der Waals surface area contributed by atoms with Crippen LogP contribution >= 0.6 is 0 Å². The molecule has 19 heavy (non-hydrogen) atoms. The predicted octanol–water partition coefficient (Wildman–Crippen LogP) is 1.47. The van der Waals surface area contributed by atoms with E-state index in [1.54, 1.807) is 20.8 Å². The summed E-state index contributed by atoms with van der Waals surface area (Å²) in [7, 11) is 0. The molecule has 6 heteroatoms. The standard InChI is InChI=1S/C13H19NO5/c1-7(2)6-13-8(9(15)18-12(3,4)5)14(10(13)16)11(17)19-13/h7-8H,6H2,1-5H3/t8?,13-/m1/s1. The summed E-state index contributed by atoms with van der Waals surface area (Å²) in [5.74, 6) is -0.886. The molecule has 0 N–H and O–H groups in total. The summed E-state index contributed by atoms with van der Waals surface area (Å²) in [5.41, 5.74) is -2.01. The molecule has 2 bridgehead atoms. The number of carbonyl (C=O) groups excluding carboxylic acids is 3. The van der Waals surface area contributed by atoms with E-state index in [1.807, 2.05) is 13.8 Å². The molecule has 0 aromatic rings. The van der Waals surface area contributed by atoms with Crippen molar-refractivity contribution in [2.45, 2.75) is 58.3 Å². The van der Waals surface area contributed by atoms with Gasteiger partial charge in [-0.25, -0.2) is 14.5 Å². The Kier molecular flexibility index (Phi) is 2.88. The maximum Gasteiger partial charge on any atom is 0.418 e. The minimum atomic E-state index is -1.34. The van der Waals surface area contributed by atoms with Gasteiger partial charge in [-0.2, -0.15) is 0 Å². The molecule has 3 heterocycles. The predicted molar refractivity (Wildman–Crippen MR) is 65.1 cm³/mol. The lowest BCUT2D eigenvalue weighted by atomic mass is 9.78. The van der Waals surface area contributed by atoms with Crippen molar-refractivity contribution in [1.29, 1.82) is 0 Å². The molecule has 1 unspecified atom stereocenters. The number of rotatable bonds is 3. The SMILES string of the molecule is CC(C)C[C@]12OC(=O)N(C1=O)C2C(=O)OC(C)(C)C. The van der Waals surface area contributed by atoms with Gasteiger partial charge in [0.25, 0.3) is 5.91 Å². The van der Waals surface area contributed by atoms with E-state index in [9.17, 15) is 14.4 Å². The molecule has 3 aliphatic rings. The van der Waals surface area contributed by atoms with Crippen molar-refractivity contribution < 1.29 is 23.9 Å². The Balaban J connectivity index is 2.24. The first-order chi connectivity index (χ1) is 8.58. The number of esters is 1. The van der Waals surface area contributed by atoms with E-state index < -0.39 is 35.2 Å². The third-order valence-corrected chi connectivity index (χ3v) is 3.09. The third-order valence-electron chi connectivity index (χ3n) is 3.09. The third kappa shape index (κ3) is 1.99. The van der Waals surface area contributed by atoms with Crippen molar-refractivity contribution in [3.05, 3.63) is 0 Å². The van der Waals surface area contributed by atoms with E-state index in [0.717, 1.165) is 4.90 Å². The minimum Gasteiger partial charge on any atom is -0.458 e. The molecule has 0 aromatic carbocycles. The molecule has 3 fully saturated rings. The molecule has 6 nitrogen and oxygen atoms in total. The number of nitrogens with zero attached hydrogens (tertiary/aromatic N) is 1. The van der Waals surface area contributed by atoms with Crippen LogP contribution < -0.4 is 0 Å². The zero-order chi connectivity index (χ0) is 14.6. The summed E-state index contributed by atoms with van der Waals surface area (Å²) >= 11 is 0. The van der Waals surface area contributed by atoms with Gasteiger partial charge in [-0.15, -0.1) is 0 Å². The lowest BCUT2D eigenvalue weighted by molar-refractivity contribution is -0.183. The number of hydrogen-bond donors (Lipinski definition) is 0. The van der Waals surface area contributed by atoms with Gasteiger partial charge in [-0.3, -0.25) is 4.79 Å². The van der Waals surface area contributed by atoms with Gasteiger partial charge in [0.1, 0.15) is 5.60 Å². The monoisotopic (exact) mass is 269 g/mol. The van der Waals surface area contributed by atoms with Crippen LogP contribution in [0.2, 0.25) is 0 Å². The fraction of sp³-hybridized carbons (Fsp3) is 0.769. The van der Waals surface area contributed by atoms with Crippen molar-refractivity contribution in [3.63, 3.8) is 0 Å². The summed E-state index contributed by atoms with van der Waals surface area (Å²) in [4.78, 5) is 36.5. The van der Waals surface area contributed by atoms with Crippen molar-refractivity contribution in [2.24, 2.45) is 5.92 Å². The Labute approximate surface area is 112 Å². The molecule has 3 aliphatic heterocycles. The van der Waals surface area contributed by atoms with Crippen LogP contribution in [0.5, 0.6) is 0 Å². The number of carbonyl (C=O) groups is 3. The van der Waals surface area contributed by atoms with Crippen molar-refractivity contribution in [3.8, 4) is 0 Å². The molecule has 106 valence electrons. The minimum absolute atomic E-state index is 0.127.